The summed E-state index contributed by atoms with van der Waals surface area (Å²) in [6.07, 6.45) is -1.43. The molecule has 0 aromatic rings. The lowest BCUT2D eigenvalue weighted by atomic mass is 9.84. The lowest BCUT2D eigenvalue weighted by Gasteiger charge is -2.42. The lowest BCUT2D eigenvalue weighted by molar-refractivity contribution is -0.157. The van der Waals surface area contributed by atoms with Crippen molar-refractivity contribution in [3.63, 3.8) is 0 Å². The van der Waals surface area contributed by atoms with E-state index in [0.717, 1.165) is 9.80 Å². The maximum absolute atomic E-state index is 15.4. The maximum Gasteiger partial charge on any atom is 0.248 e. The Morgan fingerprint density at radius 1 is 0.473 bits per heavy atom. The molecule has 2 fully saturated rings. The van der Waals surface area contributed by atoms with Crippen LogP contribution in [0.1, 0.15) is 169 Å². The van der Waals surface area contributed by atoms with Crippen molar-refractivity contribution in [3.05, 3.63) is 0 Å². The highest BCUT2D eigenvalue weighted by atomic mass is 16.5. The fourth-order valence-corrected chi connectivity index (χ4v) is 12.7. The minimum atomic E-state index is -1.55. The summed E-state index contributed by atoms with van der Waals surface area (Å²) in [4.78, 5) is 174. The van der Waals surface area contributed by atoms with Gasteiger partial charge in [-0.1, -0.05) is 104 Å². The molecule has 0 aliphatic carbocycles. The van der Waals surface area contributed by atoms with E-state index in [-0.39, 0.29) is 68.6 Å². The fourth-order valence-electron chi connectivity index (χ4n) is 12.7. The zero-order valence-corrected chi connectivity index (χ0v) is 59.9. The number of ketones is 3. The molecular weight excluding hydrogens is 1170 g/mol. The number of nitrogens with one attached hydrogen (secondary N) is 1. The van der Waals surface area contributed by atoms with E-state index < -0.39 is 168 Å². The summed E-state index contributed by atoms with van der Waals surface area (Å²) in [6.45, 7) is 30.7. The third-order valence-corrected chi connectivity index (χ3v) is 18.8. The van der Waals surface area contributed by atoms with Crippen molar-refractivity contribution in [2.45, 2.75) is 223 Å². The maximum atomic E-state index is 15.4. The first-order valence-electron chi connectivity index (χ1n) is 33.5. The predicted octanol–water partition coefficient (Wildman–Crippen LogP) is 4.66. The summed E-state index contributed by atoms with van der Waals surface area (Å²) >= 11 is 0. The summed E-state index contributed by atoms with van der Waals surface area (Å²) in [5, 5.41) is 26.2. The Labute approximate surface area is 545 Å². The molecule has 2 heterocycles. The summed E-state index contributed by atoms with van der Waals surface area (Å²) in [7, 11) is 10.0. The Bertz CT molecular complexity index is 2450. The first-order chi connectivity index (χ1) is 42.2. The van der Waals surface area contributed by atoms with Gasteiger partial charge >= 0.3 is 0 Å². The third kappa shape index (κ3) is 22.7. The van der Waals surface area contributed by atoms with Gasteiger partial charge in [-0.2, -0.15) is 0 Å². The lowest BCUT2D eigenvalue weighted by Crippen LogP contribution is -2.62. The molecule has 0 radical (unpaired) electrons. The molecule has 0 unspecified atom stereocenters. The Morgan fingerprint density at radius 3 is 1.33 bits per heavy atom. The average Bonchev–Trinajstić information content (AvgIpc) is 1.93. The number of amides is 8. The van der Waals surface area contributed by atoms with Crippen molar-refractivity contribution in [2.75, 3.05) is 88.8 Å². The van der Waals surface area contributed by atoms with Crippen LogP contribution in [-0.4, -0.2) is 257 Å². The van der Waals surface area contributed by atoms with Crippen LogP contribution in [0.4, 0.5) is 0 Å². The van der Waals surface area contributed by atoms with Gasteiger partial charge in [0.2, 0.25) is 47.3 Å². The number of hydrogen-bond acceptors (Lipinski definition) is 15. The van der Waals surface area contributed by atoms with Crippen LogP contribution in [0.25, 0.3) is 0 Å². The van der Waals surface area contributed by atoms with E-state index in [1.165, 1.54) is 80.8 Å². The van der Waals surface area contributed by atoms with Gasteiger partial charge < -0.3 is 54.6 Å². The average molecular weight is 1290 g/mol. The number of ether oxygens (including phenoxy) is 1. The fraction of sp³-hybridized carbons (Fsp3) is 0.838. The zero-order chi connectivity index (χ0) is 70.0. The van der Waals surface area contributed by atoms with Gasteiger partial charge in [0.1, 0.15) is 36.3 Å². The van der Waals surface area contributed by atoms with Crippen LogP contribution in [0.3, 0.4) is 0 Å². The van der Waals surface area contributed by atoms with Crippen molar-refractivity contribution in [3.8, 4) is 0 Å². The van der Waals surface area contributed by atoms with E-state index in [9.17, 15) is 43.8 Å². The largest absolute Gasteiger partial charge is 0.394 e. The molecule has 522 valence electrons. The first kappa shape index (κ1) is 81.7. The van der Waals surface area contributed by atoms with Gasteiger partial charge in [-0.25, -0.2) is 0 Å². The Hall–Kier alpha value is -5.39. The molecule has 0 aromatic heterocycles. The molecule has 0 saturated carbocycles. The summed E-state index contributed by atoms with van der Waals surface area (Å²) in [5.41, 5.74) is 0. The number of carbonyl (C=O) groups excluding carboxylic acids is 11. The highest BCUT2D eigenvalue weighted by Gasteiger charge is 2.46. The van der Waals surface area contributed by atoms with Crippen LogP contribution < -0.4 is 5.32 Å². The number of hydrogen-bond donors (Lipinski definition) is 3. The third-order valence-electron chi connectivity index (χ3n) is 18.8. The van der Waals surface area contributed by atoms with Gasteiger partial charge in [-0.15, -0.1) is 0 Å². The summed E-state index contributed by atoms with van der Waals surface area (Å²) < 4.78 is 5.55. The highest BCUT2D eigenvalue weighted by molar-refractivity contribution is 6.00. The van der Waals surface area contributed by atoms with E-state index in [2.05, 4.69) is 10.2 Å². The Balaban J connectivity index is 3.03. The molecule has 23 heteroatoms. The second-order valence-corrected chi connectivity index (χ2v) is 28.9. The van der Waals surface area contributed by atoms with Crippen molar-refractivity contribution < 1.29 is 67.7 Å². The molecule has 2 saturated heterocycles. The van der Waals surface area contributed by atoms with Gasteiger partial charge in [0.05, 0.1) is 38.0 Å². The number of aliphatic hydroxyl groups is 2. The SMILES string of the molecule is CC[C@H]1CC(=O)[C@@H]([C@H](O)[C@H](C)CCN2CCOCC2)N(C)C(=O)[C@@H](C(C)C)N(C)C(=O)[C@@H](CC(C)C)N(C)C(=O)[C@@H](CC(C)C)N(C)C(=O)[C@H](C)NC(=O)[C@@H](C)CC(=O)[C@@H](CC(C)C)N(C)C(=O)[C@@H](C(C)C)CC(=O)[C@H](CC(C)C)N(C)C(=O)[C@@H](CO)N(C)C1=O. The number of Topliss-reactive ketones (excluding diaryl/α,β-unsaturated/α-hetero) is 3. The van der Waals surface area contributed by atoms with E-state index in [1.54, 1.807) is 48.5 Å². The number of likely N-dealkylation sites (N-methyl/N-ethyl adjacent to an activating group) is 7. The summed E-state index contributed by atoms with van der Waals surface area (Å²) in [6, 6.07) is -9.95. The second kappa shape index (κ2) is 37.5. The molecule has 2 aliphatic rings. The van der Waals surface area contributed by atoms with Crippen molar-refractivity contribution >= 4 is 64.6 Å². The van der Waals surface area contributed by atoms with Crippen LogP contribution in [0.2, 0.25) is 0 Å². The van der Waals surface area contributed by atoms with Gasteiger partial charge in [0.15, 0.2) is 17.3 Å². The van der Waals surface area contributed by atoms with Gasteiger partial charge in [0, 0.05) is 99.4 Å². The standard InChI is InChI=1S/C68H121N9O14/c1-24-48-36-57(81)59(60(82)45(14)25-26-77-27-29-91-30-28-77)76(23)68(90)58(44(12)13)75(22)66(88)53(34-42(8)9)73(20)65(87)52(33-41(6)7)72(19)62(84)47(16)69-61(83)46(15)35-55(79)50(31-39(2)3)70(17)64(86)49(43(10)11)37-56(80)51(32-40(4)5)71(18)67(89)54(38-78)74(21)63(48)85/h39-54,58-60,78,82H,24-38H2,1-23H3,(H,69,83)/t45-,46+,47+,48+,49-,50-,51+,52-,53-,54-,58-,59+,60-/m1/s1. The van der Waals surface area contributed by atoms with Crippen molar-refractivity contribution in [1.29, 1.82) is 0 Å². The number of nitrogens with zero attached hydrogens (tertiary/aromatic N) is 8. The normalized spacial score (nSPS) is 28.1. The van der Waals surface area contributed by atoms with Crippen LogP contribution >= 0.6 is 0 Å². The van der Waals surface area contributed by atoms with Crippen LogP contribution in [-0.2, 0) is 57.5 Å². The molecule has 0 aromatic carbocycles. The van der Waals surface area contributed by atoms with Crippen LogP contribution in [0.15, 0.2) is 0 Å². The molecule has 8 amide bonds. The predicted molar refractivity (Wildman–Crippen MR) is 350 cm³/mol. The van der Waals surface area contributed by atoms with Crippen molar-refractivity contribution in [2.24, 2.45) is 59.2 Å². The molecule has 3 N–H and O–H groups in total. The summed E-state index contributed by atoms with van der Waals surface area (Å²) in [5.74, 6) is -11.8. The molecule has 2 aliphatic heterocycles. The minimum Gasteiger partial charge on any atom is -0.394 e. The highest BCUT2D eigenvalue weighted by Crippen LogP contribution is 2.30. The zero-order valence-electron chi connectivity index (χ0n) is 59.9. The molecule has 2 rings (SSSR count). The molecule has 13 atom stereocenters. The number of morpholine rings is 1. The van der Waals surface area contributed by atoms with Crippen LogP contribution in [0.5, 0.6) is 0 Å². The second-order valence-electron chi connectivity index (χ2n) is 28.9. The Kier molecular flexibility index (Phi) is 33.7. The van der Waals surface area contributed by atoms with E-state index in [4.69, 9.17) is 4.74 Å². The Morgan fingerprint density at radius 2 is 0.879 bits per heavy atom. The molecular formula is C68H121N9O14. The topological polar surface area (TPSA) is 275 Å². The number of aliphatic hydroxyl groups excluding tert-OH is 2. The van der Waals surface area contributed by atoms with Gasteiger partial charge in [-0.05, 0) is 93.4 Å². The first-order valence-corrected chi connectivity index (χ1v) is 33.5. The molecule has 23 nitrogen and oxygen atoms in total. The van der Waals surface area contributed by atoms with Gasteiger partial charge in [-0.3, -0.25) is 57.6 Å². The van der Waals surface area contributed by atoms with E-state index in [0.29, 0.717) is 39.3 Å². The van der Waals surface area contributed by atoms with Crippen LogP contribution in [0, 0.1) is 59.2 Å². The smallest absolute Gasteiger partial charge is 0.248 e. The van der Waals surface area contributed by atoms with E-state index >= 15 is 19.2 Å². The monoisotopic (exact) mass is 1290 g/mol. The molecule has 91 heavy (non-hydrogen) atoms. The number of rotatable bonds is 17. The molecule has 0 bridgehead atoms. The quantitative estimate of drug-likeness (QED) is 0.179. The minimum absolute atomic E-state index is 0.0612. The number of carbonyl (C=O) groups is 11. The van der Waals surface area contributed by atoms with E-state index in [1.807, 2.05) is 55.4 Å². The van der Waals surface area contributed by atoms with Gasteiger partial charge in [0.25, 0.3) is 0 Å². The van der Waals surface area contributed by atoms with Crippen molar-refractivity contribution in [1.82, 2.24) is 44.5 Å². The molecule has 0 spiro atoms.